The van der Waals surface area contributed by atoms with E-state index in [0.717, 1.165) is 41.5 Å². The Balaban J connectivity index is 1.50. The summed E-state index contributed by atoms with van der Waals surface area (Å²) in [7, 11) is 0. The second-order valence-corrected chi connectivity index (χ2v) is 9.77. The molecule has 0 radical (unpaired) electrons. The largest absolute Gasteiger partial charge is 0.439 e. The van der Waals surface area contributed by atoms with Crippen LogP contribution in [0.3, 0.4) is 0 Å². The van der Waals surface area contributed by atoms with E-state index in [1.807, 2.05) is 30.3 Å². The number of H-pyrrole nitrogens is 1. The van der Waals surface area contributed by atoms with Gasteiger partial charge < -0.3 is 4.90 Å². The number of aromatic amines is 1. The first-order valence-corrected chi connectivity index (χ1v) is 11.7. The molecule has 1 aromatic heterocycles. The number of benzene rings is 2. The predicted molar refractivity (Wildman–Crippen MR) is 134 cm³/mol. The van der Waals surface area contributed by atoms with Gasteiger partial charge in [0.25, 0.3) is 0 Å². The van der Waals surface area contributed by atoms with Crippen LogP contribution in [-0.2, 0) is 5.41 Å². The molecule has 10 heteroatoms. The molecule has 0 saturated carbocycles. The van der Waals surface area contributed by atoms with Gasteiger partial charge in [0.2, 0.25) is 0 Å². The second kappa shape index (κ2) is 8.81. The third-order valence-corrected chi connectivity index (χ3v) is 6.86. The van der Waals surface area contributed by atoms with Gasteiger partial charge in [0, 0.05) is 29.7 Å². The fourth-order valence-electron chi connectivity index (χ4n) is 4.54. The van der Waals surface area contributed by atoms with Crippen molar-refractivity contribution in [2.75, 3.05) is 11.4 Å². The highest BCUT2D eigenvalue weighted by atomic mass is 35.5. The van der Waals surface area contributed by atoms with Crippen molar-refractivity contribution in [3.63, 3.8) is 0 Å². The fourth-order valence-corrected chi connectivity index (χ4v) is 4.81. The smallest absolute Gasteiger partial charge is 0.341 e. The van der Waals surface area contributed by atoms with Crippen LogP contribution >= 0.6 is 11.6 Å². The van der Waals surface area contributed by atoms with Crippen LogP contribution in [0.25, 0.3) is 17.0 Å². The highest BCUT2D eigenvalue weighted by Crippen LogP contribution is 2.45. The Morgan fingerprint density at radius 3 is 2.64 bits per heavy atom. The fraction of sp³-hybridized carbons (Fsp3) is 0.269. The van der Waals surface area contributed by atoms with Crippen molar-refractivity contribution in [3.8, 4) is 11.4 Å². The van der Waals surface area contributed by atoms with E-state index >= 15 is 0 Å². The predicted octanol–water partition coefficient (Wildman–Crippen LogP) is 6.81. The van der Waals surface area contributed by atoms with Crippen molar-refractivity contribution >= 4 is 34.8 Å². The lowest BCUT2D eigenvalue weighted by Crippen LogP contribution is -2.34. The SMILES string of the molecule is CC1(C)CCN(c2ccc(-c3noc(=O)[nH]3)c(Cl)c2)c2ccc(C3=CCC=C(C(F)(F)F)N=C3)cc21. The third kappa shape index (κ3) is 4.51. The maximum atomic E-state index is 13.1. The number of aliphatic imine (C=N–C) groups is 1. The van der Waals surface area contributed by atoms with Crippen LogP contribution in [0.2, 0.25) is 5.02 Å². The number of anilines is 2. The van der Waals surface area contributed by atoms with Gasteiger partial charge in [-0.1, -0.05) is 42.7 Å². The maximum absolute atomic E-state index is 13.1. The molecule has 0 fully saturated rings. The molecule has 186 valence electrons. The average Bonchev–Trinajstić information content (AvgIpc) is 3.09. The number of hydrogen-bond acceptors (Lipinski definition) is 5. The summed E-state index contributed by atoms with van der Waals surface area (Å²) in [5.74, 6) is -0.407. The van der Waals surface area contributed by atoms with E-state index in [1.165, 1.54) is 6.21 Å². The van der Waals surface area contributed by atoms with Crippen molar-refractivity contribution in [3.05, 3.63) is 80.9 Å². The Hall–Kier alpha value is -3.59. The first kappa shape index (κ1) is 24.1. The molecule has 2 aliphatic heterocycles. The molecule has 2 aliphatic rings. The van der Waals surface area contributed by atoms with Crippen LogP contribution < -0.4 is 10.7 Å². The van der Waals surface area contributed by atoms with E-state index < -0.39 is 17.6 Å². The molecule has 5 rings (SSSR count). The molecule has 6 nitrogen and oxygen atoms in total. The molecular weight excluding hydrogens is 493 g/mol. The highest BCUT2D eigenvalue weighted by molar-refractivity contribution is 6.33. The van der Waals surface area contributed by atoms with Gasteiger partial charge in [0.1, 0.15) is 5.70 Å². The molecule has 0 unspecified atom stereocenters. The molecule has 1 N–H and O–H groups in total. The lowest BCUT2D eigenvalue weighted by Gasteiger charge is -2.40. The number of halogens is 4. The van der Waals surface area contributed by atoms with Crippen molar-refractivity contribution in [2.45, 2.75) is 38.3 Å². The van der Waals surface area contributed by atoms with E-state index in [1.54, 1.807) is 12.1 Å². The minimum atomic E-state index is -4.47. The Morgan fingerprint density at radius 1 is 1.14 bits per heavy atom. The molecule has 0 bridgehead atoms. The second-order valence-electron chi connectivity index (χ2n) is 9.37. The standard InChI is InChI=1S/C26H22ClF3N4O2/c1-25(2)10-11-34(17-7-8-18(20(27)13-17)23-32-24(35)36-33-23)21-9-6-15(12-19(21)25)16-4-3-5-22(31-14-16)26(28,29)30/h4-9,12-14H,3,10-11H2,1-2H3,(H,32,33,35). The minimum absolute atomic E-state index is 0.149. The highest BCUT2D eigenvalue weighted by Gasteiger charge is 2.34. The van der Waals surface area contributed by atoms with Gasteiger partial charge in [0.15, 0.2) is 5.82 Å². The zero-order valence-electron chi connectivity index (χ0n) is 19.5. The van der Waals surface area contributed by atoms with Gasteiger partial charge in [-0.3, -0.25) is 14.5 Å². The number of nitrogens with one attached hydrogen (secondary N) is 1. The number of hydrogen-bond donors (Lipinski definition) is 1. The summed E-state index contributed by atoms with van der Waals surface area (Å²) < 4.78 is 43.8. The summed E-state index contributed by atoms with van der Waals surface area (Å²) in [6.07, 6.45) is 0.664. The van der Waals surface area contributed by atoms with Crippen molar-refractivity contribution in [2.24, 2.45) is 4.99 Å². The lowest BCUT2D eigenvalue weighted by molar-refractivity contribution is -0.0924. The van der Waals surface area contributed by atoms with Gasteiger partial charge in [-0.25, -0.2) is 4.79 Å². The number of aromatic nitrogens is 2. The van der Waals surface area contributed by atoms with E-state index in [-0.39, 0.29) is 17.7 Å². The van der Waals surface area contributed by atoms with Crippen LogP contribution in [0, 0.1) is 0 Å². The van der Waals surface area contributed by atoms with E-state index in [2.05, 4.69) is 38.4 Å². The van der Waals surface area contributed by atoms with Crippen molar-refractivity contribution in [1.29, 1.82) is 0 Å². The zero-order valence-corrected chi connectivity index (χ0v) is 20.2. The van der Waals surface area contributed by atoms with E-state index in [9.17, 15) is 18.0 Å². The summed E-state index contributed by atoms with van der Waals surface area (Å²) in [5.41, 5.74) is 3.92. The molecule has 0 aliphatic carbocycles. The van der Waals surface area contributed by atoms with Gasteiger partial charge in [0.05, 0.1) is 5.02 Å². The number of rotatable bonds is 3. The molecule has 0 atom stereocenters. The van der Waals surface area contributed by atoms with Gasteiger partial charge in [-0.05, 0) is 71.4 Å². The van der Waals surface area contributed by atoms with E-state index in [0.29, 0.717) is 16.2 Å². The quantitative estimate of drug-likeness (QED) is 0.417. The van der Waals surface area contributed by atoms with Crippen LogP contribution in [0.5, 0.6) is 0 Å². The Morgan fingerprint density at radius 2 is 1.94 bits per heavy atom. The summed E-state index contributed by atoms with van der Waals surface area (Å²) >= 11 is 6.52. The lowest BCUT2D eigenvalue weighted by atomic mass is 9.76. The Kier molecular flexibility index (Phi) is 5.90. The molecule has 2 aromatic carbocycles. The Labute approximate surface area is 209 Å². The molecule has 3 heterocycles. The number of nitrogens with zero attached hydrogens (tertiary/aromatic N) is 3. The maximum Gasteiger partial charge on any atom is 0.439 e. The normalized spacial score (nSPS) is 17.3. The van der Waals surface area contributed by atoms with Gasteiger partial charge in [-0.2, -0.15) is 13.2 Å². The topological polar surface area (TPSA) is 74.5 Å². The van der Waals surface area contributed by atoms with Crippen LogP contribution in [-0.4, -0.2) is 29.1 Å². The first-order chi connectivity index (χ1) is 17.0. The van der Waals surface area contributed by atoms with Crippen LogP contribution in [0.1, 0.15) is 37.8 Å². The van der Waals surface area contributed by atoms with Crippen LogP contribution in [0.4, 0.5) is 24.5 Å². The van der Waals surface area contributed by atoms with Gasteiger partial charge in [-0.15, -0.1) is 0 Å². The molecule has 3 aromatic rings. The molecule has 0 spiro atoms. The Bertz CT molecular complexity index is 1480. The van der Waals surface area contributed by atoms with Crippen molar-refractivity contribution < 1.29 is 17.7 Å². The first-order valence-electron chi connectivity index (χ1n) is 11.3. The minimum Gasteiger partial charge on any atom is -0.341 e. The monoisotopic (exact) mass is 514 g/mol. The molecule has 0 saturated heterocycles. The molecule has 0 amide bonds. The van der Waals surface area contributed by atoms with Crippen molar-refractivity contribution in [1.82, 2.24) is 10.1 Å². The molecular formula is C26H22ClF3N4O2. The average molecular weight is 515 g/mol. The number of fused-ring (bicyclic) bond motifs is 1. The van der Waals surface area contributed by atoms with E-state index in [4.69, 9.17) is 11.6 Å². The third-order valence-electron chi connectivity index (χ3n) is 6.55. The van der Waals surface area contributed by atoms with Gasteiger partial charge >= 0.3 is 11.9 Å². The summed E-state index contributed by atoms with van der Waals surface area (Å²) in [6.45, 7) is 5.06. The summed E-state index contributed by atoms with van der Waals surface area (Å²) in [5, 5.41) is 4.11. The zero-order chi connectivity index (χ0) is 25.7. The van der Waals surface area contributed by atoms with Crippen LogP contribution in [0.15, 0.2) is 68.6 Å². The molecule has 36 heavy (non-hydrogen) atoms. The number of allylic oxidation sites excluding steroid dienone is 4. The summed E-state index contributed by atoms with van der Waals surface area (Å²) in [4.78, 5) is 19.7. The summed E-state index contributed by atoms with van der Waals surface area (Å²) in [6, 6.07) is 11.4. The number of alkyl halides is 3.